The summed E-state index contributed by atoms with van der Waals surface area (Å²) in [5, 5.41) is 9.20. The Kier molecular flexibility index (Phi) is 8.42. The molecule has 0 spiro atoms. The Hall–Kier alpha value is -3.78. The van der Waals surface area contributed by atoms with Gasteiger partial charge < -0.3 is 20.7 Å². The summed E-state index contributed by atoms with van der Waals surface area (Å²) in [4.78, 5) is 25.1. The predicted octanol–water partition coefficient (Wildman–Crippen LogP) is 5.53. The second-order valence-electron chi connectivity index (χ2n) is 10.6. The first-order valence-corrected chi connectivity index (χ1v) is 12.7. The van der Waals surface area contributed by atoms with Crippen molar-refractivity contribution in [1.82, 2.24) is 16.0 Å². The van der Waals surface area contributed by atoms with Crippen LogP contribution in [0.25, 0.3) is 22.3 Å². The lowest BCUT2D eigenvalue weighted by Gasteiger charge is -2.20. The molecule has 0 unspecified atom stereocenters. The van der Waals surface area contributed by atoms with Crippen molar-refractivity contribution in [3.63, 3.8) is 0 Å². The molecule has 2 amide bonds. The van der Waals surface area contributed by atoms with Crippen LogP contribution in [0.15, 0.2) is 66.7 Å². The highest BCUT2D eigenvalue weighted by Crippen LogP contribution is 2.29. The van der Waals surface area contributed by atoms with Gasteiger partial charge in [0.25, 0.3) is 5.91 Å². The smallest absolute Gasteiger partial charge is 0.407 e. The average molecular weight is 522 g/mol. The van der Waals surface area contributed by atoms with E-state index >= 15 is 0 Å². The molecule has 3 aromatic rings. The zero-order valence-electron chi connectivity index (χ0n) is 21.8. The first-order chi connectivity index (χ1) is 18.1. The summed E-state index contributed by atoms with van der Waals surface area (Å²) in [5.41, 5.74) is 2.94. The third-order valence-corrected chi connectivity index (χ3v) is 6.31. The van der Waals surface area contributed by atoms with Crippen LogP contribution in [0.2, 0.25) is 0 Å². The number of hydrogen-bond donors (Lipinski definition) is 3. The van der Waals surface area contributed by atoms with Crippen LogP contribution in [-0.4, -0.2) is 43.3 Å². The maximum atomic E-state index is 13.5. The van der Waals surface area contributed by atoms with Crippen LogP contribution in [0.3, 0.4) is 0 Å². The van der Waals surface area contributed by atoms with Crippen molar-refractivity contribution >= 4 is 12.0 Å². The van der Waals surface area contributed by atoms with Crippen molar-refractivity contribution in [2.24, 2.45) is 5.92 Å². The summed E-state index contributed by atoms with van der Waals surface area (Å²) >= 11 is 0. The normalized spacial score (nSPS) is 17.2. The van der Waals surface area contributed by atoms with Crippen LogP contribution in [-0.2, 0) is 4.74 Å². The van der Waals surface area contributed by atoms with Gasteiger partial charge in [-0.25, -0.2) is 13.6 Å². The maximum Gasteiger partial charge on any atom is 0.407 e. The summed E-state index contributed by atoms with van der Waals surface area (Å²) < 4.78 is 32.3. The van der Waals surface area contributed by atoms with E-state index in [0.717, 1.165) is 35.2 Å². The molecule has 4 rings (SSSR count). The van der Waals surface area contributed by atoms with Crippen molar-refractivity contribution in [2.45, 2.75) is 38.8 Å². The molecule has 1 fully saturated rings. The van der Waals surface area contributed by atoms with Crippen LogP contribution >= 0.6 is 0 Å². The van der Waals surface area contributed by atoms with Crippen molar-refractivity contribution in [3.8, 4) is 22.3 Å². The molecule has 1 aliphatic rings. The molecule has 0 bridgehead atoms. The van der Waals surface area contributed by atoms with Gasteiger partial charge in [0.05, 0.1) is 0 Å². The Balaban J connectivity index is 1.41. The fraction of sp³-hybridized carbons (Fsp3) is 0.333. The zero-order chi connectivity index (χ0) is 27.3. The highest BCUT2D eigenvalue weighted by atomic mass is 19.1. The van der Waals surface area contributed by atoms with E-state index in [1.807, 2.05) is 26.8 Å². The third-order valence-electron chi connectivity index (χ3n) is 6.31. The predicted molar refractivity (Wildman–Crippen MR) is 144 cm³/mol. The molecular weight excluding hydrogens is 488 g/mol. The highest BCUT2D eigenvalue weighted by molar-refractivity contribution is 5.97. The molecule has 0 aliphatic carbocycles. The molecule has 8 heteroatoms. The van der Waals surface area contributed by atoms with Crippen LogP contribution < -0.4 is 16.0 Å². The summed E-state index contributed by atoms with van der Waals surface area (Å²) in [5.74, 6) is -0.694. The largest absolute Gasteiger partial charge is 0.444 e. The molecule has 6 nitrogen and oxygen atoms in total. The molecule has 1 saturated heterocycles. The number of alkyl carbamates (subject to hydrolysis) is 1. The number of benzene rings is 3. The van der Waals surface area contributed by atoms with E-state index in [0.29, 0.717) is 18.7 Å². The van der Waals surface area contributed by atoms with E-state index < -0.39 is 11.7 Å². The van der Waals surface area contributed by atoms with E-state index in [-0.39, 0.29) is 29.5 Å². The van der Waals surface area contributed by atoms with Gasteiger partial charge in [-0.15, -0.1) is 0 Å². The van der Waals surface area contributed by atoms with Gasteiger partial charge >= 0.3 is 6.09 Å². The molecule has 200 valence electrons. The molecule has 38 heavy (non-hydrogen) atoms. The monoisotopic (exact) mass is 521 g/mol. The quantitative estimate of drug-likeness (QED) is 0.382. The summed E-state index contributed by atoms with van der Waals surface area (Å²) in [6.07, 6.45) is 0.360. The molecule has 0 saturated carbocycles. The second-order valence-corrected chi connectivity index (χ2v) is 10.6. The van der Waals surface area contributed by atoms with Gasteiger partial charge in [0.15, 0.2) is 0 Å². The topological polar surface area (TPSA) is 79.5 Å². The zero-order valence-corrected chi connectivity index (χ0v) is 21.8. The van der Waals surface area contributed by atoms with Crippen molar-refractivity contribution in [1.29, 1.82) is 0 Å². The van der Waals surface area contributed by atoms with Crippen LogP contribution in [0, 0.1) is 17.6 Å². The van der Waals surface area contributed by atoms with E-state index in [2.05, 4.69) is 16.0 Å². The SMILES string of the molecule is CC(C)(C)OC(=O)NC[C@H]1CN[C@H](CNC(=O)c2cc(-c3ccc(F)cc3)cc(-c3ccc(F)cc3)c2)C1. The lowest BCUT2D eigenvalue weighted by Crippen LogP contribution is -2.37. The van der Waals surface area contributed by atoms with Crippen molar-refractivity contribution < 1.29 is 23.1 Å². The summed E-state index contributed by atoms with van der Waals surface area (Å²) in [6.45, 7) is 7.10. The molecule has 0 aromatic heterocycles. The molecule has 2 atom stereocenters. The third kappa shape index (κ3) is 7.61. The first-order valence-electron chi connectivity index (χ1n) is 12.7. The highest BCUT2D eigenvalue weighted by Gasteiger charge is 2.26. The molecule has 3 aromatic carbocycles. The van der Waals surface area contributed by atoms with E-state index in [1.54, 1.807) is 36.4 Å². The molecule has 1 aliphatic heterocycles. The second kappa shape index (κ2) is 11.7. The van der Waals surface area contributed by atoms with E-state index in [1.165, 1.54) is 24.3 Å². The Bertz CT molecular complexity index is 1210. The average Bonchev–Trinajstić information content (AvgIpc) is 3.33. The number of ether oxygens (including phenoxy) is 1. The lowest BCUT2D eigenvalue weighted by molar-refractivity contribution is 0.0520. The van der Waals surface area contributed by atoms with Crippen LogP contribution in [0.5, 0.6) is 0 Å². The van der Waals surface area contributed by atoms with Gasteiger partial charge in [-0.1, -0.05) is 24.3 Å². The van der Waals surface area contributed by atoms with Gasteiger partial charge in [-0.3, -0.25) is 4.79 Å². The Labute approximate surface area is 221 Å². The van der Waals surface area contributed by atoms with E-state index in [9.17, 15) is 18.4 Å². The summed E-state index contributed by atoms with van der Waals surface area (Å²) in [6, 6.07) is 17.7. The number of rotatable bonds is 7. The number of carbonyl (C=O) groups is 2. The lowest BCUT2D eigenvalue weighted by atomic mass is 9.95. The molecule has 1 heterocycles. The summed E-state index contributed by atoms with van der Waals surface area (Å²) in [7, 11) is 0. The minimum Gasteiger partial charge on any atom is -0.444 e. The van der Waals surface area contributed by atoms with Crippen LogP contribution in [0.1, 0.15) is 37.6 Å². The minimum absolute atomic E-state index is 0.0706. The number of hydrogen-bond acceptors (Lipinski definition) is 4. The fourth-order valence-electron chi connectivity index (χ4n) is 4.45. The molecular formula is C30H33F2N3O3. The number of halogens is 2. The Morgan fingerprint density at radius 3 is 1.92 bits per heavy atom. The maximum absolute atomic E-state index is 13.5. The Morgan fingerprint density at radius 2 is 1.39 bits per heavy atom. The van der Waals surface area contributed by atoms with E-state index in [4.69, 9.17) is 4.74 Å². The minimum atomic E-state index is -0.546. The van der Waals surface area contributed by atoms with Gasteiger partial charge in [-0.2, -0.15) is 0 Å². The molecule has 3 N–H and O–H groups in total. The van der Waals surface area contributed by atoms with Crippen molar-refractivity contribution in [3.05, 3.63) is 83.9 Å². The number of carbonyl (C=O) groups excluding carboxylic acids is 2. The van der Waals surface area contributed by atoms with Gasteiger partial charge in [0.1, 0.15) is 17.2 Å². The molecule has 0 radical (unpaired) electrons. The van der Waals surface area contributed by atoms with Gasteiger partial charge in [0.2, 0.25) is 0 Å². The van der Waals surface area contributed by atoms with Gasteiger partial charge in [0, 0.05) is 31.2 Å². The Morgan fingerprint density at radius 1 is 0.842 bits per heavy atom. The number of nitrogens with one attached hydrogen (secondary N) is 3. The first kappa shape index (κ1) is 27.3. The number of amides is 2. The van der Waals surface area contributed by atoms with Crippen LogP contribution in [0.4, 0.5) is 13.6 Å². The standard InChI is InChI=1S/C30H33F2N3O3/c1-30(2,3)38-29(37)35-17-19-12-27(33-16-19)18-34-28(36)24-14-22(20-4-8-25(31)9-5-20)13-23(15-24)21-6-10-26(32)11-7-21/h4-11,13-15,19,27,33H,12,16-18H2,1-3H3,(H,34,36)(H,35,37)/t19-,27+/m1/s1. The van der Waals surface area contributed by atoms with Crippen molar-refractivity contribution in [2.75, 3.05) is 19.6 Å². The fourth-order valence-corrected chi connectivity index (χ4v) is 4.45. The van der Waals surface area contributed by atoms with Gasteiger partial charge in [-0.05, 0) is 97.8 Å².